The minimum atomic E-state index is -0.538. The van der Waals surface area contributed by atoms with Crippen LogP contribution in [0, 0.1) is 6.92 Å². The standard InChI is InChI=1S/C19H22N2O5/c1-11-13-6-5-12(25-2)10-16(13)26-19(24)14(11)7-8-17(22)21-9-3-4-15(21)18(20)23/h5-6,10,15H,3-4,7-9H2,1-2H3,(H2,20,23). The van der Waals surface area contributed by atoms with Crippen molar-refractivity contribution in [3.8, 4) is 5.75 Å². The molecule has 2 amide bonds. The van der Waals surface area contributed by atoms with Crippen LogP contribution in [0.2, 0.25) is 0 Å². The number of likely N-dealkylation sites (tertiary alicyclic amines) is 1. The molecule has 3 rings (SSSR count). The van der Waals surface area contributed by atoms with Gasteiger partial charge in [0.1, 0.15) is 17.4 Å². The summed E-state index contributed by atoms with van der Waals surface area (Å²) >= 11 is 0. The molecule has 2 aromatic rings. The van der Waals surface area contributed by atoms with Gasteiger partial charge in [0, 0.05) is 30.0 Å². The monoisotopic (exact) mass is 358 g/mol. The zero-order chi connectivity index (χ0) is 18.8. The van der Waals surface area contributed by atoms with E-state index < -0.39 is 17.6 Å². The predicted molar refractivity (Wildman–Crippen MR) is 96.0 cm³/mol. The van der Waals surface area contributed by atoms with Crippen LogP contribution in [0.1, 0.15) is 30.4 Å². The van der Waals surface area contributed by atoms with Gasteiger partial charge in [0.15, 0.2) is 0 Å². The van der Waals surface area contributed by atoms with Gasteiger partial charge < -0.3 is 19.8 Å². The number of rotatable bonds is 5. The van der Waals surface area contributed by atoms with Crippen molar-refractivity contribution in [3.63, 3.8) is 0 Å². The third-order valence-electron chi connectivity index (χ3n) is 4.98. The average Bonchev–Trinajstić information content (AvgIpc) is 3.11. The summed E-state index contributed by atoms with van der Waals surface area (Å²) in [5.74, 6) is -0.0411. The Morgan fingerprint density at radius 2 is 2.15 bits per heavy atom. The second-order valence-corrected chi connectivity index (χ2v) is 6.50. The van der Waals surface area contributed by atoms with Crippen LogP contribution in [0.25, 0.3) is 11.0 Å². The van der Waals surface area contributed by atoms with Crippen LogP contribution in [0.5, 0.6) is 5.75 Å². The molecule has 2 N–H and O–H groups in total. The Labute approximate surface area is 150 Å². The molecular formula is C19H22N2O5. The number of methoxy groups -OCH3 is 1. The van der Waals surface area contributed by atoms with Gasteiger partial charge in [-0.05, 0) is 43.9 Å². The number of fused-ring (bicyclic) bond motifs is 1. The van der Waals surface area contributed by atoms with Gasteiger partial charge in [-0.25, -0.2) is 4.79 Å². The molecule has 26 heavy (non-hydrogen) atoms. The van der Waals surface area contributed by atoms with Gasteiger partial charge in [-0.2, -0.15) is 0 Å². The molecule has 1 aromatic heterocycles. The zero-order valence-electron chi connectivity index (χ0n) is 14.9. The minimum Gasteiger partial charge on any atom is -0.497 e. The molecule has 1 aliphatic heterocycles. The Balaban J connectivity index is 1.82. The normalized spacial score (nSPS) is 16.8. The van der Waals surface area contributed by atoms with Crippen LogP contribution in [0.3, 0.4) is 0 Å². The highest BCUT2D eigenvalue weighted by atomic mass is 16.5. The van der Waals surface area contributed by atoms with Crippen LogP contribution in [-0.4, -0.2) is 36.4 Å². The van der Waals surface area contributed by atoms with Gasteiger partial charge >= 0.3 is 5.63 Å². The highest BCUT2D eigenvalue weighted by molar-refractivity contribution is 5.87. The molecule has 1 atom stereocenters. The number of aryl methyl sites for hydroxylation is 1. The lowest BCUT2D eigenvalue weighted by atomic mass is 10.0. The SMILES string of the molecule is COc1ccc2c(C)c(CCC(=O)N3CCCC3C(N)=O)c(=O)oc2c1. The van der Waals surface area contributed by atoms with E-state index in [1.165, 1.54) is 4.90 Å². The highest BCUT2D eigenvalue weighted by Crippen LogP contribution is 2.25. The van der Waals surface area contributed by atoms with E-state index in [4.69, 9.17) is 14.9 Å². The first-order valence-electron chi connectivity index (χ1n) is 8.61. The lowest BCUT2D eigenvalue weighted by Gasteiger charge is -2.22. The first-order chi connectivity index (χ1) is 12.4. The summed E-state index contributed by atoms with van der Waals surface area (Å²) in [5.41, 5.74) is 6.63. The number of hydrogen-bond donors (Lipinski definition) is 1. The van der Waals surface area contributed by atoms with Crippen molar-refractivity contribution in [1.82, 2.24) is 4.90 Å². The number of nitrogens with two attached hydrogens (primary N) is 1. The number of benzene rings is 1. The number of carbonyl (C=O) groups is 2. The third-order valence-corrected chi connectivity index (χ3v) is 4.98. The smallest absolute Gasteiger partial charge is 0.339 e. The molecule has 7 nitrogen and oxygen atoms in total. The summed E-state index contributed by atoms with van der Waals surface area (Å²) in [6.45, 7) is 2.37. The van der Waals surface area contributed by atoms with Gasteiger partial charge in [0.2, 0.25) is 11.8 Å². The summed E-state index contributed by atoms with van der Waals surface area (Å²) in [6, 6.07) is 4.76. The molecule has 0 aliphatic carbocycles. The fourth-order valence-electron chi connectivity index (χ4n) is 3.53. The Morgan fingerprint density at radius 1 is 1.38 bits per heavy atom. The second-order valence-electron chi connectivity index (χ2n) is 6.50. The lowest BCUT2D eigenvalue weighted by molar-refractivity contribution is -0.137. The Hall–Kier alpha value is -2.83. The summed E-state index contributed by atoms with van der Waals surface area (Å²) in [4.78, 5) is 37.8. The first-order valence-corrected chi connectivity index (χ1v) is 8.61. The Kier molecular flexibility index (Phi) is 4.97. The topological polar surface area (TPSA) is 103 Å². The molecule has 0 spiro atoms. The summed E-state index contributed by atoms with van der Waals surface area (Å²) in [7, 11) is 1.55. The number of ether oxygens (including phenoxy) is 1. The van der Waals surface area contributed by atoms with E-state index >= 15 is 0 Å². The molecule has 0 saturated carbocycles. The summed E-state index contributed by atoms with van der Waals surface area (Å²) in [6.07, 6.45) is 1.76. The fraction of sp³-hybridized carbons (Fsp3) is 0.421. The second kappa shape index (κ2) is 7.19. The highest BCUT2D eigenvalue weighted by Gasteiger charge is 2.32. The number of nitrogens with zero attached hydrogens (tertiary/aromatic N) is 1. The third kappa shape index (κ3) is 3.29. The van der Waals surface area contributed by atoms with E-state index in [0.717, 1.165) is 17.4 Å². The number of primary amides is 1. The number of amides is 2. The molecule has 1 aliphatic rings. The van der Waals surface area contributed by atoms with Crippen molar-refractivity contribution >= 4 is 22.8 Å². The van der Waals surface area contributed by atoms with Crippen molar-refractivity contribution in [2.24, 2.45) is 5.73 Å². The van der Waals surface area contributed by atoms with Crippen molar-refractivity contribution in [2.75, 3.05) is 13.7 Å². The lowest BCUT2D eigenvalue weighted by Crippen LogP contribution is -2.43. The molecule has 138 valence electrons. The fourth-order valence-corrected chi connectivity index (χ4v) is 3.53. The Morgan fingerprint density at radius 3 is 2.85 bits per heavy atom. The van der Waals surface area contributed by atoms with E-state index in [0.29, 0.717) is 29.9 Å². The molecule has 1 aromatic carbocycles. The van der Waals surface area contributed by atoms with Crippen molar-refractivity contribution in [3.05, 3.63) is 39.7 Å². The minimum absolute atomic E-state index is 0.136. The Bertz CT molecular complexity index is 918. The van der Waals surface area contributed by atoms with Gasteiger partial charge in [0.25, 0.3) is 0 Å². The van der Waals surface area contributed by atoms with Gasteiger partial charge in [0.05, 0.1) is 7.11 Å². The van der Waals surface area contributed by atoms with Crippen LogP contribution >= 0.6 is 0 Å². The van der Waals surface area contributed by atoms with Gasteiger partial charge in [-0.1, -0.05) is 0 Å². The van der Waals surface area contributed by atoms with Crippen molar-refractivity contribution in [1.29, 1.82) is 0 Å². The molecular weight excluding hydrogens is 336 g/mol. The van der Waals surface area contributed by atoms with E-state index in [1.54, 1.807) is 19.2 Å². The first kappa shape index (κ1) is 18.0. The maximum Gasteiger partial charge on any atom is 0.339 e. The van der Waals surface area contributed by atoms with E-state index in [-0.39, 0.29) is 18.7 Å². The average molecular weight is 358 g/mol. The molecule has 2 heterocycles. The largest absolute Gasteiger partial charge is 0.497 e. The zero-order valence-corrected chi connectivity index (χ0v) is 14.9. The molecule has 1 unspecified atom stereocenters. The van der Waals surface area contributed by atoms with Crippen LogP contribution in [0.15, 0.2) is 27.4 Å². The molecule has 0 radical (unpaired) electrons. The molecule has 1 fully saturated rings. The maximum atomic E-state index is 12.5. The molecule has 1 saturated heterocycles. The van der Waals surface area contributed by atoms with E-state index in [2.05, 4.69) is 0 Å². The summed E-state index contributed by atoms with van der Waals surface area (Å²) in [5, 5.41) is 0.809. The van der Waals surface area contributed by atoms with Crippen molar-refractivity contribution in [2.45, 2.75) is 38.6 Å². The molecule has 7 heteroatoms. The van der Waals surface area contributed by atoms with Crippen LogP contribution in [0.4, 0.5) is 0 Å². The predicted octanol–water partition coefficient (Wildman–Crippen LogP) is 1.52. The summed E-state index contributed by atoms with van der Waals surface area (Å²) < 4.78 is 10.5. The van der Waals surface area contributed by atoms with Gasteiger partial charge in [-0.15, -0.1) is 0 Å². The number of hydrogen-bond acceptors (Lipinski definition) is 5. The molecule has 0 bridgehead atoms. The van der Waals surface area contributed by atoms with Crippen LogP contribution in [-0.2, 0) is 16.0 Å². The number of carbonyl (C=O) groups excluding carboxylic acids is 2. The van der Waals surface area contributed by atoms with E-state index in [1.807, 2.05) is 13.0 Å². The van der Waals surface area contributed by atoms with Gasteiger partial charge in [-0.3, -0.25) is 9.59 Å². The van der Waals surface area contributed by atoms with E-state index in [9.17, 15) is 14.4 Å². The maximum absolute atomic E-state index is 12.5. The van der Waals surface area contributed by atoms with Crippen LogP contribution < -0.4 is 16.1 Å². The quantitative estimate of drug-likeness (QED) is 0.816. The van der Waals surface area contributed by atoms with Crippen molar-refractivity contribution < 1.29 is 18.7 Å².